The monoisotopic (exact) mass is 521 g/mol. The van der Waals surface area contributed by atoms with Gasteiger partial charge in [-0.1, -0.05) is 0 Å². The summed E-state index contributed by atoms with van der Waals surface area (Å²) in [5.41, 5.74) is 1.44. The van der Waals surface area contributed by atoms with Gasteiger partial charge in [0.05, 0.1) is 25.8 Å². The smallest absolute Gasteiger partial charge is 0.393 e. The molecule has 0 spiro atoms. The van der Waals surface area contributed by atoms with Crippen molar-refractivity contribution in [2.24, 2.45) is 0 Å². The molecule has 5 heterocycles. The van der Waals surface area contributed by atoms with Crippen LogP contribution in [0.2, 0.25) is 0 Å². The number of pyridine rings is 1. The molecule has 0 aromatic carbocycles. The molecule has 4 aromatic heterocycles. The third-order valence-corrected chi connectivity index (χ3v) is 7.59. The van der Waals surface area contributed by atoms with Crippen molar-refractivity contribution in [3.05, 3.63) is 35.2 Å². The summed E-state index contributed by atoms with van der Waals surface area (Å²) >= 11 is 1.42. The molecule has 1 N–H and O–H groups in total. The average Bonchev–Trinajstić information content (AvgIpc) is 3.61. The normalized spacial score (nSPS) is 15.7. The number of hydrogen-bond donors (Lipinski definition) is 1. The summed E-state index contributed by atoms with van der Waals surface area (Å²) in [6, 6.07) is 1.63. The Labute approximate surface area is 209 Å². The van der Waals surface area contributed by atoms with Crippen LogP contribution in [0.15, 0.2) is 24.8 Å². The fraction of sp³-hybridized carbons (Fsp3) is 0.478. The number of methoxy groups -OCH3 is 2. The zero-order chi connectivity index (χ0) is 25.3. The van der Waals surface area contributed by atoms with Crippen molar-refractivity contribution in [3.8, 4) is 27.7 Å². The SMILES string of the molecule is COCCN1CCC(c2cnc(-c3n[nH]c(-c4cc(OC)c5ncnn5c4)c3CC(F)(F)F)s2)CC1. The molecule has 0 radical (unpaired) electrons. The summed E-state index contributed by atoms with van der Waals surface area (Å²) in [7, 11) is 3.17. The lowest BCUT2D eigenvalue weighted by molar-refractivity contribution is -0.127. The van der Waals surface area contributed by atoms with E-state index in [4.69, 9.17) is 9.47 Å². The maximum absolute atomic E-state index is 13.7. The lowest BCUT2D eigenvalue weighted by Crippen LogP contribution is -2.35. The van der Waals surface area contributed by atoms with Crippen molar-refractivity contribution in [2.45, 2.75) is 31.4 Å². The van der Waals surface area contributed by atoms with E-state index in [2.05, 4.69) is 30.2 Å². The quantitative estimate of drug-likeness (QED) is 0.372. The first kappa shape index (κ1) is 24.7. The zero-order valence-electron chi connectivity index (χ0n) is 19.9. The van der Waals surface area contributed by atoms with Crippen LogP contribution in [0.25, 0.3) is 27.6 Å². The van der Waals surface area contributed by atoms with Gasteiger partial charge in [-0.05, 0) is 37.9 Å². The van der Waals surface area contributed by atoms with Gasteiger partial charge in [-0.15, -0.1) is 11.3 Å². The fourth-order valence-electron chi connectivity index (χ4n) is 4.58. The molecule has 0 atom stereocenters. The second-order valence-electron chi connectivity index (χ2n) is 8.72. The number of nitrogens with one attached hydrogen (secondary N) is 1. The van der Waals surface area contributed by atoms with Crippen molar-refractivity contribution in [2.75, 3.05) is 40.5 Å². The molecular weight excluding hydrogens is 495 g/mol. The summed E-state index contributed by atoms with van der Waals surface area (Å²) in [5.74, 6) is 0.728. The maximum atomic E-state index is 13.7. The largest absolute Gasteiger partial charge is 0.493 e. The first-order chi connectivity index (χ1) is 17.4. The topological polar surface area (TPSA) is 93.5 Å². The number of hydrogen-bond acceptors (Lipinski definition) is 8. The number of ether oxygens (including phenoxy) is 2. The maximum Gasteiger partial charge on any atom is 0.393 e. The fourth-order valence-corrected chi connectivity index (χ4v) is 5.68. The van der Waals surface area contributed by atoms with E-state index >= 15 is 0 Å². The summed E-state index contributed by atoms with van der Waals surface area (Å²) in [4.78, 5) is 12.1. The van der Waals surface area contributed by atoms with Gasteiger partial charge >= 0.3 is 6.18 Å². The third-order valence-electron chi connectivity index (χ3n) is 6.42. The minimum absolute atomic E-state index is 0.0410. The molecular formula is C23H26F3N7O2S. The molecule has 4 aromatic rings. The van der Waals surface area contributed by atoms with Gasteiger partial charge in [-0.2, -0.15) is 23.4 Å². The van der Waals surface area contributed by atoms with E-state index in [0.29, 0.717) is 34.5 Å². The number of halogens is 3. The number of aromatic nitrogens is 6. The van der Waals surface area contributed by atoms with E-state index < -0.39 is 12.6 Å². The number of alkyl halides is 3. The van der Waals surface area contributed by atoms with Gasteiger partial charge in [0, 0.05) is 42.1 Å². The molecule has 1 aliphatic rings. The van der Waals surface area contributed by atoms with Gasteiger partial charge < -0.3 is 14.4 Å². The Kier molecular flexibility index (Phi) is 6.95. The molecule has 1 aliphatic heterocycles. The molecule has 0 amide bonds. The Bertz CT molecular complexity index is 1320. The Balaban J connectivity index is 1.46. The standard InChI is InChI=1S/C23H26F3N7O2S/c1-34-8-7-32-5-3-14(4-6-32)18-11-27-22(36-18)20-16(10-23(24,25)26)19(30-31-20)15-9-17(35-2)21-28-13-29-33(21)12-15/h9,11-14H,3-8,10H2,1-2H3,(H,30,31). The molecule has 0 bridgehead atoms. The van der Waals surface area contributed by atoms with Crippen molar-refractivity contribution in [1.82, 2.24) is 34.7 Å². The first-order valence-electron chi connectivity index (χ1n) is 11.6. The molecule has 192 valence electrons. The molecule has 36 heavy (non-hydrogen) atoms. The second-order valence-corrected chi connectivity index (χ2v) is 9.78. The number of likely N-dealkylation sites (tertiary alicyclic amines) is 1. The van der Waals surface area contributed by atoms with Crippen molar-refractivity contribution in [1.29, 1.82) is 0 Å². The number of piperidine rings is 1. The number of H-pyrrole nitrogens is 1. The van der Waals surface area contributed by atoms with E-state index in [9.17, 15) is 13.2 Å². The number of aromatic amines is 1. The van der Waals surface area contributed by atoms with Crippen molar-refractivity contribution < 1.29 is 22.6 Å². The molecule has 0 aliphatic carbocycles. The van der Waals surface area contributed by atoms with Crippen LogP contribution in [0, 0.1) is 0 Å². The lowest BCUT2D eigenvalue weighted by atomic mass is 9.96. The zero-order valence-corrected chi connectivity index (χ0v) is 20.7. The highest BCUT2D eigenvalue weighted by molar-refractivity contribution is 7.15. The van der Waals surface area contributed by atoms with E-state index in [1.165, 1.54) is 29.3 Å². The molecule has 5 rings (SSSR count). The van der Waals surface area contributed by atoms with Gasteiger partial charge in [0.2, 0.25) is 0 Å². The van der Waals surface area contributed by atoms with Gasteiger partial charge in [0.15, 0.2) is 11.4 Å². The Hall–Kier alpha value is -3.03. The predicted molar refractivity (Wildman–Crippen MR) is 128 cm³/mol. The van der Waals surface area contributed by atoms with Crippen molar-refractivity contribution >= 4 is 17.0 Å². The number of thiazole rings is 1. The van der Waals surface area contributed by atoms with Crippen LogP contribution in [-0.2, 0) is 11.2 Å². The third kappa shape index (κ3) is 5.08. The molecule has 13 heteroatoms. The predicted octanol–water partition coefficient (Wildman–Crippen LogP) is 4.18. The highest BCUT2D eigenvalue weighted by Crippen LogP contribution is 2.40. The minimum atomic E-state index is -4.43. The Morgan fingerprint density at radius 3 is 2.72 bits per heavy atom. The summed E-state index contributed by atoms with van der Waals surface area (Å²) < 4.78 is 53.0. The molecule has 1 saturated heterocycles. The highest BCUT2D eigenvalue weighted by Gasteiger charge is 2.34. The number of fused-ring (bicyclic) bond motifs is 1. The van der Waals surface area contributed by atoms with Gasteiger partial charge in [0.1, 0.15) is 17.0 Å². The average molecular weight is 522 g/mol. The van der Waals surface area contributed by atoms with Crippen LogP contribution >= 0.6 is 11.3 Å². The number of rotatable bonds is 8. The summed E-state index contributed by atoms with van der Waals surface area (Å²) in [6.07, 6.45) is 1.13. The summed E-state index contributed by atoms with van der Waals surface area (Å²) in [5, 5.41) is 11.7. The Morgan fingerprint density at radius 2 is 2.00 bits per heavy atom. The van der Waals surface area contributed by atoms with Crippen molar-refractivity contribution in [3.63, 3.8) is 0 Å². The van der Waals surface area contributed by atoms with E-state index in [-0.39, 0.29) is 17.0 Å². The highest BCUT2D eigenvalue weighted by atomic mass is 32.1. The van der Waals surface area contributed by atoms with Gasteiger partial charge in [0.25, 0.3) is 0 Å². The molecule has 0 unspecified atom stereocenters. The van der Waals surface area contributed by atoms with Gasteiger partial charge in [-0.25, -0.2) is 14.5 Å². The Morgan fingerprint density at radius 1 is 1.19 bits per heavy atom. The van der Waals surface area contributed by atoms with E-state index in [1.54, 1.807) is 25.6 Å². The minimum Gasteiger partial charge on any atom is -0.493 e. The molecule has 9 nitrogen and oxygen atoms in total. The molecule has 0 saturated carbocycles. The van der Waals surface area contributed by atoms with Crippen LogP contribution in [0.4, 0.5) is 13.2 Å². The summed E-state index contributed by atoms with van der Waals surface area (Å²) in [6.45, 7) is 3.52. The van der Waals surface area contributed by atoms with Gasteiger partial charge in [-0.3, -0.25) is 5.10 Å². The van der Waals surface area contributed by atoms with Crippen LogP contribution < -0.4 is 4.74 Å². The van der Waals surface area contributed by atoms with E-state index in [0.717, 1.165) is 37.4 Å². The van der Waals surface area contributed by atoms with Crippen LogP contribution in [0.5, 0.6) is 5.75 Å². The van der Waals surface area contributed by atoms with Crippen LogP contribution in [-0.4, -0.2) is 81.3 Å². The number of nitrogens with zero attached hydrogens (tertiary/aromatic N) is 6. The van der Waals surface area contributed by atoms with E-state index in [1.807, 2.05) is 0 Å². The first-order valence-corrected chi connectivity index (χ1v) is 12.4. The van der Waals surface area contributed by atoms with Crippen LogP contribution in [0.1, 0.15) is 29.2 Å². The lowest BCUT2D eigenvalue weighted by Gasteiger charge is -2.31. The second kappa shape index (κ2) is 10.1. The molecule has 1 fully saturated rings. The van der Waals surface area contributed by atoms with Crippen LogP contribution in [0.3, 0.4) is 0 Å².